The number of hydrogen-bond donors (Lipinski definition) is 2. The fourth-order valence-electron chi connectivity index (χ4n) is 3.06. The van der Waals surface area contributed by atoms with Crippen LogP contribution in [-0.2, 0) is 13.5 Å². The summed E-state index contributed by atoms with van der Waals surface area (Å²) in [5.41, 5.74) is 3.78. The summed E-state index contributed by atoms with van der Waals surface area (Å²) in [6.07, 6.45) is 0.618. The Balaban J connectivity index is 1.80. The molecule has 31 heavy (non-hydrogen) atoms. The van der Waals surface area contributed by atoms with Crippen molar-refractivity contribution in [2.75, 3.05) is 11.9 Å². The minimum absolute atomic E-state index is 0.0594. The lowest BCUT2D eigenvalue weighted by molar-refractivity contribution is 0.0977. The molecule has 1 aromatic heterocycles. The highest BCUT2D eigenvalue weighted by Gasteiger charge is 2.12. The quantitative estimate of drug-likeness (QED) is 0.451. The maximum atomic E-state index is 13.5. The Labute approximate surface area is 183 Å². The molecule has 0 aliphatic rings. The first-order valence-electron chi connectivity index (χ1n) is 9.57. The van der Waals surface area contributed by atoms with Gasteiger partial charge in [0.15, 0.2) is 0 Å². The molecule has 3 rings (SSSR count). The van der Waals surface area contributed by atoms with Crippen molar-refractivity contribution < 1.29 is 13.6 Å². The lowest BCUT2D eigenvalue weighted by Gasteiger charge is -2.12. The molecule has 9 heteroatoms. The maximum absolute atomic E-state index is 13.5. The number of halogens is 3. The molecule has 2 N–H and O–H groups in total. The van der Waals surface area contributed by atoms with E-state index in [0.717, 1.165) is 17.0 Å². The average molecular weight is 446 g/mol. The molecule has 162 valence electrons. The van der Waals surface area contributed by atoms with Crippen molar-refractivity contribution in [3.05, 3.63) is 81.6 Å². The summed E-state index contributed by atoms with van der Waals surface area (Å²) >= 11 is 5.85. The van der Waals surface area contributed by atoms with Gasteiger partial charge >= 0.3 is 0 Å². The second-order valence-corrected chi connectivity index (χ2v) is 7.38. The number of amides is 1. The zero-order valence-corrected chi connectivity index (χ0v) is 18.1. The molecule has 0 aliphatic carbocycles. The number of aromatic nitrogens is 2. The van der Waals surface area contributed by atoms with Crippen molar-refractivity contribution in [2.24, 2.45) is 12.0 Å². The van der Waals surface area contributed by atoms with E-state index < -0.39 is 17.5 Å². The number of anilines is 1. The minimum Gasteiger partial charge on any atom is -0.326 e. The van der Waals surface area contributed by atoms with Gasteiger partial charge in [0, 0.05) is 30.5 Å². The van der Waals surface area contributed by atoms with Crippen LogP contribution in [0.5, 0.6) is 0 Å². The molecule has 1 heterocycles. The Kier molecular flexibility index (Phi) is 7.02. The average Bonchev–Trinajstić information content (AvgIpc) is 2.97. The number of carbonyl (C=O) groups is 1. The fourth-order valence-corrected chi connectivity index (χ4v) is 3.24. The SMILES string of the molecule is Cc1nn(C)c(C)c1CCN=C(NC(=O)c1ccc(F)cc1)Nc1ccc(F)c(Cl)c1. The highest BCUT2D eigenvalue weighted by molar-refractivity contribution is 6.31. The molecule has 0 saturated carbocycles. The summed E-state index contributed by atoms with van der Waals surface area (Å²) in [5, 5.41) is 9.96. The Hall–Kier alpha value is -3.26. The van der Waals surface area contributed by atoms with E-state index in [9.17, 15) is 13.6 Å². The highest BCUT2D eigenvalue weighted by Crippen LogP contribution is 2.19. The standard InChI is InChI=1S/C22H22ClF2N5O/c1-13-18(14(2)30(3)29-13)10-11-26-22(27-17-8-9-20(25)19(23)12-17)28-21(31)15-4-6-16(24)7-5-15/h4-9,12H,10-11H2,1-3H3,(H2,26,27,28,31). The van der Waals surface area contributed by atoms with E-state index in [1.165, 1.54) is 42.5 Å². The molecule has 1 amide bonds. The van der Waals surface area contributed by atoms with Gasteiger partial charge in [-0.2, -0.15) is 5.10 Å². The number of nitrogens with zero attached hydrogens (tertiary/aromatic N) is 3. The molecular weight excluding hydrogens is 424 g/mol. The van der Waals surface area contributed by atoms with Gasteiger partial charge in [-0.05, 0) is 68.3 Å². The smallest absolute Gasteiger partial charge is 0.257 e. The van der Waals surface area contributed by atoms with Gasteiger partial charge in [-0.25, -0.2) is 8.78 Å². The minimum atomic E-state index is -0.552. The Morgan fingerprint density at radius 3 is 2.48 bits per heavy atom. The van der Waals surface area contributed by atoms with Crippen molar-refractivity contribution in [3.8, 4) is 0 Å². The van der Waals surface area contributed by atoms with Crippen LogP contribution in [0.3, 0.4) is 0 Å². The molecule has 0 bridgehead atoms. The molecule has 0 unspecified atom stereocenters. The van der Waals surface area contributed by atoms with Gasteiger partial charge in [0.2, 0.25) is 5.96 Å². The Morgan fingerprint density at radius 1 is 1.16 bits per heavy atom. The fraction of sp³-hybridized carbons (Fsp3) is 0.227. The maximum Gasteiger partial charge on any atom is 0.257 e. The van der Waals surface area contributed by atoms with Crippen LogP contribution >= 0.6 is 11.6 Å². The lowest BCUT2D eigenvalue weighted by atomic mass is 10.1. The first kappa shape index (κ1) is 22.4. The van der Waals surface area contributed by atoms with Gasteiger partial charge < -0.3 is 5.32 Å². The van der Waals surface area contributed by atoms with E-state index in [1.807, 2.05) is 25.6 Å². The van der Waals surface area contributed by atoms with E-state index in [-0.39, 0.29) is 16.5 Å². The van der Waals surface area contributed by atoms with Crippen LogP contribution in [-0.4, -0.2) is 28.2 Å². The van der Waals surface area contributed by atoms with Gasteiger partial charge in [-0.1, -0.05) is 11.6 Å². The summed E-state index contributed by atoms with van der Waals surface area (Å²) in [6.45, 7) is 4.28. The van der Waals surface area contributed by atoms with Crippen molar-refractivity contribution in [1.82, 2.24) is 15.1 Å². The third kappa shape index (κ3) is 5.67. The van der Waals surface area contributed by atoms with Crippen LogP contribution in [0.1, 0.15) is 27.3 Å². The molecular formula is C22H22ClF2N5O. The number of rotatable bonds is 5. The van der Waals surface area contributed by atoms with E-state index in [1.54, 1.807) is 0 Å². The Bertz CT molecular complexity index is 1130. The molecule has 0 saturated heterocycles. The monoisotopic (exact) mass is 445 g/mol. The molecule has 3 aromatic rings. The third-order valence-electron chi connectivity index (χ3n) is 4.81. The summed E-state index contributed by atoms with van der Waals surface area (Å²) in [6, 6.07) is 9.24. The van der Waals surface area contributed by atoms with Crippen LogP contribution in [0.15, 0.2) is 47.5 Å². The van der Waals surface area contributed by atoms with Gasteiger partial charge in [0.1, 0.15) is 11.6 Å². The van der Waals surface area contributed by atoms with Gasteiger partial charge in [0.05, 0.1) is 10.7 Å². The highest BCUT2D eigenvalue weighted by atomic mass is 35.5. The molecule has 0 aliphatic heterocycles. The normalized spacial score (nSPS) is 11.5. The molecule has 0 spiro atoms. The summed E-state index contributed by atoms with van der Waals surface area (Å²) in [5.74, 6) is -1.29. The van der Waals surface area contributed by atoms with Crippen molar-refractivity contribution >= 4 is 29.2 Å². The Morgan fingerprint density at radius 2 is 1.87 bits per heavy atom. The predicted octanol–water partition coefficient (Wildman–Crippen LogP) is 4.41. The zero-order chi connectivity index (χ0) is 22.5. The van der Waals surface area contributed by atoms with Crippen LogP contribution in [0, 0.1) is 25.5 Å². The predicted molar refractivity (Wildman–Crippen MR) is 118 cm³/mol. The van der Waals surface area contributed by atoms with Crippen LogP contribution in [0.4, 0.5) is 14.5 Å². The molecule has 2 aromatic carbocycles. The largest absolute Gasteiger partial charge is 0.326 e. The van der Waals surface area contributed by atoms with E-state index >= 15 is 0 Å². The second-order valence-electron chi connectivity index (χ2n) is 6.97. The van der Waals surface area contributed by atoms with Gasteiger partial charge in [0.25, 0.3) is 5.91 Å². The van der Waals surface area contributed by atoms with E-state index in [0.29, 0.717) is 18.7 Å². The molecule has 0 radical (unpaired) electrons. The van der Waals surface area contributed by atoms with Crippen molar-refractivity contribution in [1.29, 1.82) is 0 Å². The molecule has 0 atom stereocenters. The number of aryl methyl sites for hydroxylation is 2. The summed E-state index contributed by atoms with van der Waals surface area (Å²) in [7, 11) is 1.88. The number of carbonyl (C=O) groups excluding carboxylic acids is 1. The second kappa shape index (κ2) is 9.70. The van der Waals surface area contributed by atoms with Crippen LogP contribution in [0.25, 0.3) is 0 Å². The van der Waals surface area contributed by atoms with E-state index in [2.05, 4.69) is 20.7 Å². The number of hydrogen-bond acceptors (Lipinski definition) is 3. The number of benzene rings is 2. The number of guanidine groups is 1. The van der Waals surface area contributed by atoms with Crippen LogP contribution < -0.4 is 10.6 Å². The number of aliphatic imine (C=N–C) groups is 1. The van der Waals surface area contributed by atoms with Crippen molar-refractivity contribution in [3.63, 3.8) is 0 Å². The first-order chi connectivity index (χ1) is 14.7. The lowest BCUT2D eigenvalue weighted by Crippen LogP contribution is -2.36. The van der Waals surface area contributed by atoms with E-state index in [4.69, 9.17) is 11.6 Å². The molecule has 0 fully saturated rings. The molecule has 6 nitrogen and oxygen atoms in total. The third-order valence-corrected chi connectivity index (χ3v) is 5.10. The van der Waals surface area contributed by atoms with Crippen LogP contribution in [0.2, 0.25) is 5.02 Å². The topological polar surface area (TPSA) is 71.3 Å². The summed E-state index contributed by atoms with van der Waals surface area (Å²) in [4.78, 5) is 17.0. The van der Waals surface area contributed by atoms with Gasteiger partial charge in [-0.15, -0.1) is 0 Å². The van der Waals surface area contributed by atoms with Gasteiger partial charge in [-0.3, -0.25) is 19.8 Å². The zero-order valence-electron chi connectivity index (χ0n) is 17.3. The van der Waals surface area contributed by atoms with Crippen molar-refractivity contribution in [2.45, 2.75) is 20.3 Å². The summed E-state index contributed by atoms with van der Waals surface area (Å²) < 4.78 is 28.4. The first-order valence-corrected chi connectivity index (χ1v) is 9.95. The number of nitrogens with one attached hydrogen (secondary N) is 2.